The normalized spacial score (nSPS) is 16.0. The maximum Gasteiger partial charge on any atom is 0.303 e. The predicted octanol–water partition coefficient (Wildman–Crippen LogP) is 2.21. The van der Waals surface area contributed by atoms with Gasteiger partial charge >= 0.3 is 5.97 Å². The summed E-state index contributed by atoms with van der Waals surface area (Å²) in [6.07, 6.45) is -0.713. The standard InChI is InChI=1S/C19H18N2O5/c22-18(23)11-10-14(13-6-2-1-3-7-13)20-21-19(24)17-12-25-15-8-4-5-9-16(15)26-17/h1-9,17H,10-12H2,(H,21,24)(H,22,23)/b20-14-/t17-/m1/s1. The van der Waals surface area contributed by atoms with Crippen LogP contribution >= 0.6 is 0 Å². The zero-order valence-corrected chi connectivity index (χ0v) is 13.9. The van der Waals surface area contributed by atoms with Gasteiger partial charge in [-0.3, -0.25) is 9.59 Å². The highest BCUT2D eigenvalue weighted by molar-refractivity contribution is 6.02. The maximum absolute atomic E-state index is 12.3. The molecule has 1 aliphatic heterocycles. The van der Waals surface area contributed by atoms with Crippen molar-refractivity contribution < 1.29 is 24.2 Å². The van der Waals surface area contributed by atoms with Crippen LogP contribution in [0.15, 0.2) is 59.7 Å². The first-order valence-electron chi connectivity index (χ1n) is 8.15. The summed E-state index contributed by atoms with van der Waals surface area (Å²) in [5.41, 5.74) is 3.69. The van der Waals surface area contributed by atoms with E-state index in [1.165, 1.54) is 0 Å². The predicted molar refractivity (Wildman–Crippen MR) is 94.3 cm³/mol. The van der Waals surface area contributed by atoms with Gasteiger partial charge in [0.05, 0.1) is 12.1 Å². The number of amides is 1. The van der Waals surface area contributed by atoms with E-state index in [-0.39, 0.29) is 19.4 Å². The van der Waals surface area contributed by atoms with Crippen LogP contribution in [-0.2, 0) is 9.59 Å². The highest BCUT2D eigenvalue weighted by Gasteiger charge is 2.27. The number of ether oxygens (including phenoxy) is 2. The van der Waals surface area contributed by atoms with Gasteiger partial charge < -0.3 is 14.6 Å². The van der Waals surface area contributed by atoms with Crippen LogP contribution in [0.4, 0.5) is 0 Å². The quantitative estimate of drug-likeness (QED) is 0.612. The first-order chi connectivity index (χ1) is 12.6. The molecule has 1 atom stereocenters. The average Bonchev–Trinajstić information content (AvgIpc) is 2.68. The van der Waals surface area contributed by atoms with Gasteiger partial charge in [0.1, 0.15) is 6.61 Å². The van der Waals surface area contributed by atoms with Crippen molar-refractivity contribution in [2.24, 2.45) is 5.10 Å². The van der Waals surface area contributed by atoms with E-state index >= 15 is 0 Å². The van der Waals surface area contributed by atoms with E-state index in [0.717, 1.165) is 5.56 Å². The lowest BCUT2D eigenvalue weighted by molar-refractivity contribution is -0.136. The largest absolute Gasteiger partial charge is 0.485 e. The molecular formula is C19H18N2O5. The molecule has 0 saturated carbocycles. The first-order valence-corrected chi connectivity index (χ1v) is 8.15. The summed E-state index contributed by atoms with van der Waals surface area (Å²) >= 11 is 0. The molecule has 1 amide bonds. The summed E-state index contributed by atoms with van der Waals surface area (Å²) in [4.78, 5) is 23.2. The second kappa shape index (κ2) is 8.15. The summed E-state index contributed by atoms with van der Waals surface area (Å²) in [5, 5.41) is 13.0. The van der Waals surface area contributed by atoms with Gasteiger partial charge in [0.15, 0.2) is 11.5 Å². The Hall–Kier alpha value is -3.35. The molecule has 26 heavy (non-hydrogen) atoms. The smallest absolute Gasteiger partial charge is 0.303 e. The van der Waals surface area contributed by atoms with Gasteiger partial charge in [0.25, 0.3) is 5.91 Å². The van der Waals surface area contributed by atoms with E-state index in [4.69, 9.17) is 14.6 Å². The number of hydrogen-bond acceptors (Lipinski definition) is 5. The number of hydrogen-bond donors (Lipinski definition) is 2. The average molecular weight is 354 g/mol. The molecule has 0 saturated heterocycles. The Morgan fingerprint density at radius 1 is 1.04 bits per heavy atom. The van der Waals surface area contributed by atoms with E-state index in [1.807, 2.05) is 36.4 Å². The van der Waals surface area contributed by atoms with Gasteiger partial charge in [0, 0.05) is 6.42 Å². The Balaban J connectivity index is 1.69. The molecule has 2 aromatic carbocycles. The van der Waals surface area contributed by atoms with Crippen LogP contribution < -0.4 is 14.9 Å². The topological polar surface area (TPSA) is 97.2 Å². The third-order valence-corrected chi connectivity index (χ3v) is 3.78. The minimum atomic E-state index is -0.930. The molecule has 2 aromatic rings. The van der Waals surface area contributed by atoms with Crippen molar-refractivity contribution in [3.63, 3.8) is 0 Å². The van der Waals surface area contributed by atoms with Crippen molar-refractivity contribution >= 4 is 17.6 Å². The van der Waals surface area contributed by atoms with E-state index in [2.05, 4.69) is 10.5 Å². The fourth-order valence-electron chi connectivity index (χ4n) is 2.46. The highest BCUT2D eigenvalue weighted by Crippen LogP contribution is 2.30. The van der Waals surface area contributed by atoms with Gasteiger partial charge in [-0.25, -0.2) is 5.43 Å². The fraction of sp³-hybridized carbons (Fsp3) is 0.211. The van der Waals surface area contributed by atoms with Gasteiger partial charge in [-0.1, -0.05) is 42.5 Å². The van der Waals surface area contributed by atoms with Crippen molar-refractivity contribution in [3.05, 3.63) is 60.2 Å². The number of carboxylic acid groups (broad SMARTS) is 1. The van der Waals surface area contributed by atoms with Crippen LogP contribution in [0.25, 0.3) is 0 Å². The number of carboxylic acids is 1. The third-order valence-electron chi connectivity index (χ3n) is 3.78. The van der Waals surface area contributed by atoms with Crippen molar-refractivity contribution in [2.45, 2.75) is 18.9 Å². The fourth-order valence-corrected chi connectivity index (χ4v) is 2.46. The number of aliphatic carboxylic acids is 1. The Morgan fingerprint density at radius 2 is 1.73 bits per heavy atom. The number of fused-ring (bicyclic) bond motifs is 1. The molecule has 134 valence electrons. The van der Waals surface area contributed by atoms with Crippen molar-refractivity contribution in [2.75, 3.05) is 6.61 Å². The second-order valence-electron chi connectivity index (χ2n) is 5.66. The van der Waals surface area contributed by atoms with E-state index in [1.54, 1.807) is 18.2 Å². The number of nitrogens with zero attached hydrogens (tertiary/aromatic N) is 1. The van der Waals surface area contributed by atoms with Crippen LogP contribution in [0.2, 0.25) is 0 Å². The zero-order chi connectivity index (χ0) is 18.4. The summed E-state index contributed by atoms with van der Waals surface area (Å²) in [7, 11) is 0. The van der Waals surface area contributed by atoms with E-state index < -0.39 is 18.0 Å². The molecule has 0 bridgehead atoms. The van der Waals surface area contributed by atoms with Crippen molar-refractivity contribution in [1.82, 2.24) is 5.43 Å². The number of benzene rings is 2. The third kappa shape index (κ3) is 4.38. The number of hydrazone groups is 1. The van der Waals surface area contributed by atoms with Crippen molar-refractivity contribution in [1.29, 1.82) is 0 Å². The van der Waals surface area contributed by atoms with Crippen LogP contribution in [0, 0.1) is 0 Å². The lowest BCUT2D eigenvalue weighted by Gasteiger charge is -2.24. The number of carbonyl (C=O) groups is 2. The van der Waals surface area contributed by atoms with Crippen LogP contribution in [-0.4, -0.2) is 35.4 Å². The molecule has 0 aromatic heterocycles. The molecule has 0 unspecified atom stereocenters. The first kappa shape index (κ1) is 17.5. The van der Waals surface area contributed by atoms with Crippen LogP contribution in [0.3, 0.4) is 0 Å². The molecule has 2 N–H and O–H groups in total. The Bertz CT molecular complexity index is 820. The molecule has 1 heterocycles. The molecule has 3 rings (SSSR count). The maximum atomic E-state index is 12.3. The summed E-state index contributed by atoms with van der Waals surface area (Å²) in [6, 6.07) is 16.2. The van der Waals surface area contributed by atoms with E-state index in [9.17, 15) is 9.59 Å². The minimum Gasteiger partial charge on any atom is -0.485 e. The van der Waals surface area contributed by atoms with Crippen molar-refractivity contribution in [3.8, 4) is 11.5 Å². The Labute approximate surface area is 150 Å². The molecular weight excluding hydrogens is 336 g/mol. The molecule has 0 fully saturated rings. The van der Waals surface area contributed by atoms with E-state index in [0.29, 0.717) is 17.2 Å². The molecule has 7 nitrogen and oxygen atoms in total. The summed E-state index contributed by atoms with van der Waals surface area (Å²) < 4.78 is 11.1. The molecule has 0 aliphatic carbocycles. The lowest BCUT2D eigenvalue weighted by atomic mass is 10.1. The number of carbonyl (C=O) groups excluding carboxylic acids is 1. The van der Waals surface area contributed by atoms with Gasteiger partial charge in [-0.05, 0) is 17.7 Å². The lowest BCUT2D eigenvalue weighted by Crippen LogP contribution is -2.42. The number of rotatable bonds is 6. The molecule has 0 radical (unpaired) electrons. The van der Waals surface area contributed by atoms with Crippen LogP contribution in [0.5, 0.6) is 11.5 Å². The van der Waals surface area contributed by atoms with Gasteiger partial charge in [0.2, 0.25) is 6.10 Å². The molecule has 0 spiro atoms. The SMILES string of the molecule is O=C(O)CC/C(=N/NC(=O)[C@H]1COc2ccccc2O1)c1ccccc1. The number of nitrogens with one attached hydrogen (secondary N) is 1. The van der Waals surface area contributed by atoms with Crippen LogP contribution in [0.1, 0.15) is 18.4 Å². The summed E-state index contributed by atoms with van der Waals surface area (Å²) in [6.45, 7) is 0.0775. The Morgan fingerprint density at radius 3 is 2.46 bits per heavy atom. The van der Waals surface area contributed by atoms with Gasteiger partial charge in [-0.15, -0.1) is 0 Å². The zero-order valence-electron chi connectivity index (χ0n) is 13.9. The Kier molecular flexibility index (Phi) is 5.48. The highest BCUT2D eigenvalue weighted by atomic mass is 16.6. The second-order valence-corrected chi connectivity index (χ2v) is 5.66. The van der Waals surface area contributed by atoms with Gasteiger partial charge in [-0.2, -0.15) is 5.10 Å². The monoisotopic (exact) mass is 354 g/mol. The minimum absolute atomic E-state index is 0.0775. The number of para-hydroxylation sites is 2. The molecule has 7 heteroatoms. The molecule has 1 aliphatic rings. The summed E-state index contributed by atoms with van der Waals surface area (Å²) in [5.74, 6) is -0.299.